The minimum absolute atomic E-state index is 0.0413. The van der Waals surface area contributed by atoms with Crippen molar-refractivity contribution in [1.82, 2.24) is 4.90 Å². The van der Waals surface area contributed by atoms with Gasteiger partial charge >= 0.3 is 0 Å². The Morgan fingerprint density at radius 3 is 2.81 bits per heavy atom. The van der Waals surface area contributed by atoms with Gasteiger partial charge in [0.15, 0.2) is 0 Å². The summed E-state index contributed by atoms with van der Waals surface area (Å²) in [6, 6.07) is 1.85. The maximum Gasteiger partial charge on any atom is 0.224 e. The van der Waals surface area contributed by atoms with Gasteiger partial charge in [0, 0.05) is 31.6 Å². The molecule has 0 aliphatic heterocycles. The van der Waals surface area contributed by atoms with Crippen LogP contribution in [0.3, 0.4) is 0 Å². The minimum atomic E-state index is -0.0413. The number of rotatable bonds is 5. The van der Waals surface area contributed by atoms with Gasteiger partial charge in [0.2, 0.25) is 5.91 Å². The van der Waals surface area contributed by atoms with Crippen LogP contribution in [0.2, 0.25) is 0 Å². The first-order chi connectivity index (χ1) is 7.54. The molecule has 4 nitrogen and oxygen atoms in total. The first-order valence-electron chi connectivity index (χ1n) is 5.57. The number of carbonyl (C=O) groups is 1. The number of nitrogens with zero attached hydrogens (tertiary/aromatic N) is 1. The molecule has 0 aliphatic carbocycles. The summed E-state index contributed by atoms with van der Waals surface area (Å²) in [6.07, 6.45) is 2.87. The van der Waals surface area contributed by atoms with Crippen LogP contribution in [0.1, 0.15) is 31.1 Å². The van der Waals surface area contributed by atoms with Gasteiger partial charge in [-0.3, -0.25) is 4.79 Å². The van der Waals surface area contributed by atoms with Gasteiger partial charge in [0.1, 0.15) is 5.76 Å². The lowest BCUT2D eigenvalue weighted by Crippen LogP contribution is -2.32. The molecule has 16 heavy (non-hydrogen) atoms. The van der Waals surface area contributed by atoms with E-state index in [9.17, 15) is 4.79 Å². The Hall–Kier alpha value is -1.29. The first-order valence-corrected chi connectivity index (χ1v) is 5.57. The highest BCUT2D eigenvalue weighted by molar-refractivity contribution is 5.76. The van der Waals surface area contributed by atoms with Crippen molar-refractivity contribution in [3.63, 3.8) is 0 Å². The van der Waals surface area contributed by atoms with Crippen molar-refractivity contribution in [2.75, 3.05) is 7.05 Å². The highest BCUT2D eigenvalue weighted by Crippen LogP contribution is 2.11. The van der Waals surface area contributed by atoms with E-state index in [0.29, 0.717) is 13.0 Å². The van der Waals surface area contributed by atoms with E-state index in [1.54, 1.807) is 18.2 Å². The molecule has 0 bridgehead atoms. The molecule has 0 saturated carbocycles. The van der Waals surface area contributed by atoms with Gasteiger partial charge in [0.25, 0.3) is 0 Å². The molecule has 0 saturated heterocycles. The van der Waals surface area contributed by atoms with Crippen LogP contribution in [0, 0.1) is 6.92 Å². The van der Waals surface area contributed by atoms with E-state index in [0.717, 1.165) is 17.7 Å². The molecule has 90 valence electrons. The number of hydrogen-bond donors (Lipinski definition) is 1. The molecule has 0 radical (unpaired) electrons. The second-order valence-corrected chi connectivity index (χ2v) is 4.12. The van der Waals surface area contributed by atoms with Gasteiger partial charge in [0.05, 0.1) is 6.26 Å². The Morgan fingerprint density at radius 1 is 1.62 bits per heavy atom. The molecule has 1 aromatic heterocycles. The first kappa shape index (κ1) is 12.8. The summed E-state index contributed by atoms with van der Waals surface area (Å²) in [4.78, 5) is 13.5. The van der Waals surface area contributed by atoms with Crippen molar-refractivity contribution >= 4 is 5.91 Å². The molecule has 2 N–H and O–H groups in total. The van der Waals surface area contributed by atoms with Crippen LogP contribution < -0.4 is 5.73 Å². The van der Waals surface area contributed by atoms with E-state index in [2.05, 4.69) is 0 Å². The maximum absolute atomic E-state index is 11.8. The highest BCUT2D eigenvalue weighted by Gasteiger charge is 2.14. The Labute approximate surface area is 96.4 Å². The molecule has 0 spiro atoms. The molecule has 1 rings (SSSR count). The average Bonchev–Trinajstić information content (AvgIpc) is 2.64. The standard InChI is InChI=1S/C12H20N2O2/c1-4-11(13)7-12(15)14(3)8-10-5-6-16-9(10)2/h5-6,11H,4,7-8,13H2,1-3H3. The number of nitrogens with two attached hydrogens (primary N) is 1. The molecular formula is C12H20N2O2. The van der Waals surface area contributed by atoms with Crippen molar-refractivity contribution in [2.24, 2.45) is 5.73 Å². The number of furan rings is 1. The van der Waals surface area contributed by atoms with Gasteiger partial charge in [-0.05, 0) is 19.4 Å². The van der Waals surface area contributed by atoms with E-state index < -0.39 is 0 Å². The minimum Gasteiger partial charge on any atom is -0.469 e. The van der Waals surface area contributed by atoms with Crippen LogP contribution in [-0.4, -0.2) is 23.9 Å². The summed E-state index contributed by atoms with van der Waals surface area (Å²) < 4.78 is 5.18. The quantitative estimate of drug-likeness (QED) is 0.827. The van der Waals surface area contributed by atoms with Crippen molar-refractivity contribution < 1.29 is 9.21 Å². The topological polar surface area (TPSA) is 59.5 Å². The number of carbonyl (C=O) groups excluding carboxylic acids is 1. The summed E-state index contributed by atoms with van der Waals surface area (Å²) in [5, 5.41) is 0. The van der Waals surface area contributed by atoms with Crippen molar-refractivity contribution in [2.45, 2.75) is 39.3 Å². The van der Waals surface area contributed by atoms with E-state index in [-0.39, 0.29) is 11.9 Å². The van der Waals surface area contributed by atoms with Crippen molar-refractivity contribution in [3.05, 3.63) is 23.7 Å². The van der Waals surface area contributed by atoms with E-state index in [4.69, 9.17) is 10.2 Å². The van der Waals surface area contributed by atoms with Crippen molar-refractivity contribution in [3.8, 4) is 0 Å². The Bertz CT molecular complexity index is 347. The fourth-order valence-corrected chi connectivity index (χ4v) is 1.44. The van der Waals surface area contributed by atoms with Crippen molar-refractivity contribution in [1.29, 1.82) is 0 Å². The Kier molecular flexibility index (Phi) is 4.55. The predicted octanol–water partition coefficient (Wildman–Crippen LogP) is 1.67. The van der Waals surface area contributed by atoms with Gasteiger partial charge in [-0.2, -0.15) is 0 Å². The van der Waals surface area contributed by atoms with Gasteiger partial charge in [-0.1, -0.05) is 6.92 Å². The summed E-state index contributed by atoms with van der Waals surface area (Å²) in [6.45, 7) is 4.46. The Morgan fingerprint density at radius 2 is 2.31 bits per heavy atom. The smallest absolute Gasteiger partial charge is 0.224 e. The lowest BCUT2D eigenvalue weighted by Gasteiger charge is -2.18. The second kappa shape index (κ2) is 5.70. The fraction of sp³-hybridized carbons (Fsp3) is 0.583. The second-order valence-electron chi connectivity index (χ2n) is 4.12. The third-order valence-electron chi connectivity index (χ3n) is 2.76. The molecule has 1 atom stereocenters. The van der Waals surface area contributed by atoms with Gasteiger partial charge < -0.3 is 15.1 Å². The molecule has 1 heterocycles. The van der Waals surface area contributed by atoms with Crippen LogP contribution in [0.4, 0.5) is 0 Å². The molecular weight excluding hydrogens is 204 g/mol. The van der Waals surface area contributed by atoms with Crippen LogP contribution >= 0.6 is 0 Å². The van der Waals surface area contributed by atoms with E-state index in [1.807, 2.05) is 19.9 Å². The highest BCUT2D eigenvalue weighted by atomic mass is 16.3. The zero-order valence-electron chi connectivity index (χ0n) is 10.2. The van der Waals surface area contributed by atoms with E-state index in [1.165, 1.54) is 0 Å². The van der Waals surface area contributed by atoms with Crippen LogP contribution in [-0.2, 0) is 11.3 Å². The molecule has 1 unspecified atom stereocenters. The zero-order chi connectivity index (χ0) is 12.1. The third kappa shape index (κ3) is 3.38. The monoisotopic (exact) mass is 224 g/mol. The largest absolute Gasteiger partial charge is 0.469 e. The summed E-state index contributed by atoms with van der Waals surface area (Å²) in [5.74, 6) is 0.939. The van der Waals surface area contributed by atoms with Gasteiger partial charge in [-0.15, -0.1) is 0 Å². The lowest BCUT2D eigenvalue weighted by atomic mass is 10.1. The summed E-state index contributed by atoms with van der Waals surface area (Å²) in [5.41, 5.74) is 6.79. The van der Waals surface area contributed by atoms with Crippen LogP contribution in [0.5, 0.6) is 0 Å². The normalized spacial score (nSPS) is 12.5. The predicted molar refractivity (Wildman–Crippen MR) is 62.8 cm³/mol. The number of amides is 1. The average molecular weight is 224 g/mol. The molecule has 1 amide bonds. The Balaban J connectivity index is 2.49. The fourth-order valence-electron chi connectivity index (χ4n) is 1.44. The zero-order valence-corrected chi connectivity index (χ0v) is 10.2. The summed E-state index contributed by atoms with van der Waals surface area (Å²) >= 11 is 0. The van der Waals surface area contributed by atoms with Crippen LogP contribution in [0.25, 0.3) is 0 Å². The summed E-state index contributed by atoms with van der Waals surface area (Å²) in [7, 11) is 1.79. The molecule has 4 heteroatoms. The number of hydrogen-bond acceptors (Lipinski definition) is 3. The molecule has 0 aliphatic rings. The van der Waals surface area contributed by atoms with E-state index >= 15 is 0 Å². The third-order valence-corrected chi connectivity index (χ3v) is 2.76. The molecule has 0 fully saturated rings. The lowest BCUT2D eigenvalue weighted by molar-refractivity contribution is -0.130. The molecule has 1 aromatic rings. The van der Waals surface area contributed by atoms with Crippen LogP contribution in [0.15, 0.2) is 16.7 Å². The molecule has 0 aromatic carbocycles. The van der Waals surface area contributed by atoms with Gasteiger partial charge in [-0.25, -0.2) is 0 Å². The maximum atomic E-state index is 11.8. The number of aryl methyl sites for hydroxylation is 1. The SMILES string of the molecule is CCC(N)CC(=O)N(C)Cc1ccoc1C.